The van der Waals surface area contributed by atoms with Crippen LogP contribution in [0.15, 0.2) is 0 Å². The van der Waals surface area contributed by atoms with Crippen LogP contribution in [0.25, 0.3) is 0 Å². The van der Waals surface area contributed by atoms with E-state index in [0.29, 0.717) is 0 Å². The number of aliphatic carboxylic acids is 1. The van der Waals surface area contributed by atoms with Crippen molar-refractivity contribution in [3.63, 3.8) is 0 Å². The molecule has 3 nitrogen and oxygen atoms in total. The molecule has 1 fully saturated rings. The Bertz CT molecular complexity index is 145. The fourth-order valence-corrected chi connectivity index (χ4v) is 1.33. The second-order valence-electron chi connectivity index (χ2n) is 2.77. The van der Waals surface area contributed by atoms with Crippen molar-refractivity contribution in [2.75, 3.05) is 6.54 Å². The SMILES string of the molecule is CCNC1(C(=O)O)CCC1.Cl. The van der Waals surface area contributed by atoms with E-state index in [1.807, 2.05) is 6.92 Å². The Labute approximate surface area is 72.6 Å². The molecule has 1 rings (SSSR count). The summed E-state index contributed by atoms with van der Waals surface area (Å²) in [4.78, 5) is 10.6. The number of rotatable bonds is 3. The summed E-state index contributed by atoms with van der Waals surface area (Å²) in [5, 5.41) is 11.7. The topological polar surface area (TPSA) is 49.3 Å². The number of halogens is 1. The second kappa shape index (κ2) is 3.93. The summed E-state index contributed by atoms with van der Waals surface area (Å²) in [6, 6.07) is 0. The lowest BCUT2D eigenvalue weighted by atomic mass is 9.77. The van der Waals surface area contributed by atoms with Gasteiger partial charge in [0.1, 0.15) is 5.54 Å². The fraction of sp³-hybridized carbons (Fsp3) is 0.857. The highest BCUT2D eigenvalue weighted by Gasteiger charge is 2.43. The van der Waals surface area contributed by atoms with Crippen molar-refractivity contribution >= 4 is 18.4 Å². The summed E-state index contributed by atoms with van der Waals surface area (Å²) < 4.78 is 0. The van der Waals surface area contributed by atoms with Crippen LogP contribution in [0.3, 0.4) is 0 Å². The molecule has 0 aromatic carbocycles. The van der Waals surface area contributed by atoms with Gasteiger partial charge in [-0.05, 0) is 25.8 Å². The van der Waals surface area contributed by atoms with Crippen LogP contribution in [0.1, 0.15) is 26.2 Å². The van der Waals surface area contributed by atoms with Gasteiger partial charge in [0, 0.05) is 0 Å². The molecule has 0 bridgehead atoms. The van der Waals surface area contributed by atoms with E-state index in [1.54, 1.807) is 0 Å². The third kappa shape index (κ3) is 1.84. The summed E-state index contributed by atoms with van der Waals surface area (Å²) in [6.07, 6.45) is 2.62. The molecule has 0 atom stereocenters. The molecule has 0 aromatic rings. The number of carbonyl (C=O) groups is 1. The monoisotopic (exact) mass is 179 g/mol. The fourth-order valence-electron chi connectivity index (χ4n) is 1.33. The molecule has 0 spiro atoms. The zero-order chi connectivity index (χ0) is 7.61. The van der Waals surface area contributed by atoms with Crippen LogP contribution in [-0.2, 0) is 4.79 Å². The highest BCUT2D eigenvalue weighted by atomic mass is 35.5. The molecular weight excluding hydrogens is 166 g/mol. The molecule has 0 aromatic heterocycles. The first kappa shape index (κ1) is 10.7. The molecule has 0 amide bonds. The van der Waals surface area contributed by atoms with Crippen molar-refractivity contribution in [3.05, 3.63) is 0 Å². The van der Waals surface area contributed by atoms with Gasteiger partial charge in [-0.1, -0.05) is 6.92 Å². The molecule has 1 aliphatic rings. The van der Waals surface area contributed by atoms with Gasteiger partial charge in [0.15, 0.2) is 0 Å². The largest absolute Gasteiger partial charge is 0.480 e. The van der Waals surface area contributed by atoms with Crippen LogP contribution >= 0.6 is 12.4 Å². The first-order chi connectivity index (χ1) is 4.71. The van der Waals surface area contributed by atoms with Crippen LogP contribution < -0.4 is 5.32 Å². The van der Waals surface area contributed by atoms with Crippen molar-refractivity contribution in [2.24, 2.45) is 0 Å². The van der Waals surface area contributed by atoms with E-state index in [1.165, 1.54) is 0 Å². The molecular formula is C7H14ClNO2. The van der Waals surface area contributed by atoms with E-state index in [4.69, 9.17) is 5.11 Å². The van der Waals surface area contributed by atoms with Gasteiger partial charge >= 0.3 is 5.97 Å². The molecule has 0 radical (unpaired) electrons. The average molecular weight is 180 g/mol. The molecule has 11 heavy (non-hydrogen) atoms. The summed E-state index contributed by atoms with van der Waals surface area (Å²) in [6.45, 7) is 2.68. The lowest BCUT2D eigenvalue weighted by Gasteiger charge is -2.38. The van der Waals surface area contributed by atoms with Crippen molar-refractivity contribution in [2.45, 2.75) is 31.7 Å². The Morgan fingerprint density at radius 3 is 2.27 bits per heavy atom. The van der Waals surface area contributed by atoms with Crippen molar-refractivity contribution in [1.29, 1.82) is 0 Å². The van der Waals surface area contributed by atoms with Gasteiger partial charge < -0.3 is 10.4 Å². The van der Waals surface area contributed by atoms with Crippen LogP contribution in [0.4, 0.5) is 0 Å². The Kier molecular flexibility index (Phi) is 3.83. The van der Waals surface area contributed by atoms with Gasteiger partial charge in [-0.2, -0.15) is 0 Å². The van der Waals surface area contributed by atoms with Crippen LogP contribution in [-0.4, -0.2) is 23.2 Å². The predicted octanol–water partition coefficient (Wildman–Crippen LogP) is 1.02. The number of hydrogen-bond acceptors (Lipinski definition) is 2. The summed E-state index contributed by atoms with van der Waals surface area (Å²) in [5.41, 5.74) is -0.561. The zero-order valence-corrected chi connectivity index (χ0v) is 7.41. The van der Waals surface area contributed by atoms with Gasteiger partial charge in [-0.15, -0.1) is 12.4 Å². The second-order valence-corrected chi connectivity index (χ2v) is 2.77. The predicted molar refractivity (Wildman–Crippen MR) is 45.1 cm³/mol. The van der Waals surface area contributed by atoms with Gasteiger partial charge in [-0.3, -0.25) is 4.79 Å². The highest BCUT2D eigenvalue weighted by molar-refractivity contribution is 5.85. The number of carboxylic acid groups (broad SMARTS) is 1. The van der Waals surface area contributed by atoms with Crippen LogP contribution in [0, 0.1) is 0 Å². The minimum atomic E-state index is -0.694. The first-order valence-corrected chi connectivity index (χ1v) is 3.70. The Morgan fingerprint density at radius 2 is 2.18 bits per heavy atom. The molecule has 66 valence electrons. The summed E-state index contributed by atoms with van der Waals surface area (Å²) in [5.74, 6) is -0.694. The lowest BCUT2D eigenvalue weighted by Crippen LogP contribution is -2.56. The smallest absolute Gasteiger partial charge is 0.323 e. The Morgan fingerprint density at radius 1 is 1.64 bits per heavy atom. The maximum absolute atomic E-state index is 10.6. The van der Waals surface area contributed by atoms with E-state index in [2.05, 4.69) is 5.32 Å². The maximum atomic E-state index is 10.6. The average Bonchev–Trinajstić information content (AvgIpc) is 1.77. The van der Waals surface area contributed by atoms with Crippen molar-refractivity contribution in [1.82, 2.24) is 5.32 Å². The minimum Gasteiger partial charge on any atom is -0.480 e. The van der Waals surface area contributed by atoms with Crippen molar-refractivity contribution in [3.8, 4) is 0 Å². The van der Waals surface area contributed by atoms with E-state index >= 15 is 0 Å². The molecule has 2 N–H and O–H groups in total. The quantitative estimate of drug-likeness (QED) is 0.681. The van der Waals surface area contributed by atoms with Gasteiger partial charge in [0.05, 0.1) is 0 Å². The molecule has 1 saturated carbocycles. The van der Waals surface area contributed by atoms with Gasteiger partial charge in [0.2, 0.25) is 0 Å². The van der Waals surface area contributed by atoms with Crippen LogP contribution in [0.2, 0.25) is 0 Å². The van der Waals surface area contributed by atoms with E-state index in [9.17, 15) is 4.79 Å². The number of carboxylic acids is 1. The maximum Gasteiger partial charge on any atom is 0.323 e. The summed E-state index contributed by atoms with van der Waals surface area (Å²) in [7, 11) is 0. The molecule has 0 aliphatic heterocycles. The zero-order valence-electron chi connectivity index (χ0n) is 6.59. The minimum absolute atomic E-state index is 0. The number of likely N-dealkylation sites (N-methyl/N-ethyl adjacent to an activating group) is 1. The van der Waals surface area contributed by atoms with Crippen molar-refractivity contribution < 1.29 is 9.90 Å². The molecule has 1 aliphatic carbocycles. The molecule has 0 heterocycles. The Hall–Kier alpha value is -0.280. The van der Waals surface area contributed by atoms with E-state index in [-0.39, 0.29) is 12.4 Å². The normalized spacial score (nSPS) is 19.7. The van der Waals surface area contributed by atoms with E-state index in [0.717, 1.165) is 25.8 Å². The molecule has 4 heteroatoms. The molecule has 0 unspecified atom stereocenters. The lowest BCUT2D eigenvalue weighted by molar-refractivity contribution is -0.148. The third-order valence-corrected chi connectivity index (χ3v) is 2.13. The van der Waals surface area contributed by atoms with Gasteiger partial charge in [-0.25, -0.2) is 0 Å². The van der Waals surface area contributed by atoms with Gasteiger partial charge in [0.25, 0.3) is 0 Å². The van der Waals surface area contributed by atoms with Crippen LogP contribution in [0.5, 0.6) is 0 Å². The van der Waals surface area contributed by atoms with E-state index < -0.39 is 11.5 Å². The third-order valence-electron chi connectivity index (χ3n) is 2.13. The highest BCUT2D eigenvalue weighted by Crippen LogP contribution is 2.31. The summed E-state index contributed by atoms with van der Waals surface area (Å²) >= 11 is 0. The molecule has 0 saturated heterocycles. The number of nitrogens with one attached hydrogen (secondary N) is 1. The number of hydrogen-bond donors (Lipinski definition) is 2. The standard InChI is InChI=1S/C7H13NO2.ClH/c1-2-8-7(6(9)10)4-3-5-7;/h8H,2-5H2,1H3,(H,9,10);1H. The first-order valence-electron chi connectivity index (χ1n) is 3.70. The Balaban J connectivity index is 0.000001000.